The van der Waals surface area contributed by atoms with Crippen LogP contribution in [-0.2, 0) is 20.9 Å². The fourth-order valence-electron chi connectivity index (χ4n) is 4.27. The molecule has 7 heteroatoms. The van der Waals surface area contributed by atoms with Crippen molar-refractivity contribution in [3.05, 3.63) is 52.2 Å². The highest BCUT2D eigenvalue weighted by Crippen LogP contribution is 2.64. The summed E-state index contributed by atoms with van der Waals surface area (Å²) in [6, 6.07) is 11.7. The molecule has 1 fully saturated rings. The lowest BCUT2D eigenvalue weighted by Gasteiger charge is -2.34. The first-order chi connectivity index (χ1) is 14.1. The highest BCUT2D eigenvalue weighted by Gasteiger charge is 2.65. The summed E-state index contributed by atoms with van der Waals surface area (Å²) < 4.78 is 5.14. The summed E-state index contributed by atoms with van der Waals surface area (Å²) in [5, 5.41) is 11.9. The highest BCUT2D eigenvalue weighted by molar-refractivity contribution is 7.09. The molecular weight excluding hydrogens is 388 g/mol. The van der Waals surface area contributed by atoms with Gasteiger partial charge >= 0.3 is 0 Å². The third-order valence-electron chi connectivity index (χ3n) is 5.98. The molecule has 2 atom stereocenters. The highest BCUT2D eigenvalue weighted by atomic mass is 32.1. The minimum Gasteiger partial charge on any atom is -0.395 e. The largest absolute Gasteiger partial charge is 0.395 e. The Morgan fingerprint density at radius 1 is 1.34 bits per heavy atom. The van der Waals surface area contributed by atoms with Crippen LogP contribution in [0.25, 0.3) is 0 Å². The summed E-state index contributed by atoms with van der Waals surface area (Å²) in [4.78, 5) is 30.9. The molecule has 154 valence electrons. The van der Waals surface area contributed by atoms with Crippen LogP contribution >= 0.6 is 11.3 Å². The molecule has 2 amide bonds. The molecule has 1 aliphatic heterocycles. The molecule has 0 bridgehead atoms. The van der Waals surface area contributed by atoms with E-state index >= 15 is 0 Å². The number of nitrogens with zero attached hydrogens (tertiary/aromatic N) is 2. The summed E-state index contributed by atoms with van der Waals surface area (Å²) in [6.45, 7) is 1.49. The Morgan fingerprint density at radius 2 is 2.17 bits per heavy atom. The number of rotatable bonds is 9. The van der Waals surface area contributed by atoms with E-state index in [1.54, 1.807) is 28.2 Å². The van der Waals surface area contributed by atoms with Crippen LogP contribution in [0.4, 0.5) is 5.69 Å². The third-order valence-corrected chi connectivity index (χ3v) is 6.84. The number of benzene rings is 1. The van der Waals surface area contributed by atoms with Crippen molar-refractivity contribution < 1.29 is 19.4 Å². The Labute approximate surface area is 174 Å². The van der Waals surface area contributed by atoms with Crippen LogP contribution in [0.3, 0.4) is 0 Å². The molecule has 2 heterocycles. The van der Waals surface area contributed by atoms with Crippen molar-refractivity contribution >= 4 is 28.8 Å². The second-order valence-corrected chi connectivity index (χ2v) is 8.79. The van der Waals surface area contributed by atoms with Gasteiger partial charge in [0.15, 0.2) is 0 Å². The SMILES string of the molecule is COCCCN(Cc1cccs1)C(=O)CN1C(=O)C2(CO)CC2c2ccccc21. The predicted molar refractivity (Wildman–Crippen MR) is 112 cm³/mol. The van der Waals surface area contributed by atoms with Crippen LogP contribution in [0, 0.1) is 5.41 Å². The third kappa shape index (κ3) is 3.70. The van der Waals surface area contributed by atoms with Crippen molar-refractivity contribution in [1.82, 2.24) is 4.90 Å². The first kappa shape index (κ1) is 20.1. The fourth-order valence-corrected chi connectivity index (χ4v) is 4.99. The van der Waals surface area contributed by atoms with E-state index < -0.39 is 5.41 Å². The molecule has 2 aromatic rings. The topological polar surface area (TPSA) is 70.1 Å². The maximum Gasteiger partial charge on any atom is 0.242 e. The molecular formula is C22H26N2O4S. The van der Waals surface area contributed by atoms with Crippen molar-refractivity contribution in [2.75, 3.05) is 38.3 Å². The molecule has 6 nitrogen and oxygen atoms in total. The number of aliphatic hydroxyl groups excluding tert-OH is 1. The lowest BCUT2D eigenvalue weighted by molar-refractivity contribution is -0.133. The van der Waals surface area contributed by atoms with Gasteiger partial charge in [-0.1, -0.05) is 24.3 Å². The van der Waals surface area contributed by atoms with E-state index in [4.69, 9.17) is 4.74 Å². The van der Waals surface area contributed by atoms with Gasteiger partial charge in [-0.2, -0.15) is 0 Å². The van der Waals surface area contributed by atoms with Gasteiger partial charge in [0.2, 0.25) is 11.8 Å². The van der Waals surface area contributed by atoms with Crippen LogP contribution in [-0.4, -0.2) is 55.2 Å². The van der Waals surface area contributed by atoms with Crippen molar-refractivity contribution in [2.45, 2.75) is 25.3 Å². The van der Waals surface area contributed by atoms with E-state index in [-0.39, 0.29) is 30.9 Å². The molecule has 29 heavy (non-hydrogen) atoms. The van der Waals surface area contributed by atoms with Crippen LogP contribution in [0.15, 0.2) is 41.8 Å². The molecule has 1 aliphatic carbocycles. The maximum absolute atomic E-state index is 13.2. The van der Waals surface area contributed by atoms with Gasteiger partial charge in [-0.15, -0.1) is 11.3 Å². The standard InChI is InChI=1S/C22H26N2O4S/c1-28-10-5-9-23(13-16-6-4-11-29-16)20(26)14-24-19-8-3-2-7-17(19)18-12-22(18,15-25)21(24)27/h2-4,6-8,11,18,25H,5,9-10,12-15H2,1H3. The lowest BCUT2D eigenvalue weighted by atomic mass is 9.92. The number of hydrogen-bond donors (Lipinski definition) is 1. The second-order valence-electron chi connectivity index (χ2n) is 7.76. The molecule has 0 spiro atoms. The van der Waals surface area contributed by atoms with Crippen LogP contribution < -0.4 is 4.90 Å². The van der Waals surface area contributed by atoms with Gasteiger partial charge in [0, 0.05) is 36.7 Å². The Hall–Kier alpha value is -2.22. The summed E-state index contributed by atoms with van der Waals surface area (Å²) in [6.07, 6.45) is 1.39. The summed E-state index contributed by atoms with van der Waals surface area (Å²) in [7, 11) is 1.65. The van der Waals surface area contributed by atoms with Gasteiger partial charge in [-0.05, 0) is 35.9 Å². The Kier molecular flexibility index (Phi) is 5.72. The molecule has 1 saturated carbocycles. The molecule has 2 unspecified atom stereocenters. The number of fused-ring (bicyclic) bond motifs is 3. The number of methoxy groups -OCH3 is 1. The molecule has 1 N–H and O–H groups in total. The lowest BCUT2D eigenvalue weighted by Crippen LogP contribution is -2.48. The zero-order valence-corrected chi connectivity index (χ0v) is 17.4. The molecule has 4 rings (SSSR count). The molecule has 0 radical (unpaired) electrons. The van der Waals surface area contributed by atoms with Crippen LogP contribution in [0.1, 0.15) is 29.2 Å². The average molecular weight is 415 g/mol. The van der Waals surface area contributed by atoms with Crippen molar-refractivity contribution in [1.29, 1.82) is 0 Å². The minimum absolute atomic E-state index is 0.0112. The van der Waals surface area contributed by atoms with E-state index in [1.807, 2.05) is 41.8 Å². The number of para-hydroxylation sites is 1. The smallest absolute Gasteiger partial charge is 0.242 e. The summed E-state index contributed by atoms with van der Waals surface area (Å²) in [5.41, 5.74) is 1.10. The number of aliphatic hydroxyl groups is 1. The van der Waals surface area contributed by atoms with Crippen molar-refractivity contribution in [3.8, 4) is 0 Å². The number of thiophene rings is 1. The van der Waals surface area contributed by atoms with E-state index in [0.29, 0.717) is 26.1 Å². The molecule has 0 saturated heterocycles. The zero-order valence-electron chi connectivity index (χ0n) is 16.5. The van der Waals surface area contributed by atoms with Gasteiger partial charge in [0.05, 0.1) is 18.6 Å². The second kappa shape index (κ2) is 8.26. The molecule has 2 aliphatic rings. The van der Waals surface area contributed by atoms with E-state index in [1.165, 1.54) is 0 Å². The Balaban J connectivity index is 1.55. The first-order valence-electron chi connectivity index (χ1n) is 9.91. The number of hydrogen-bond acceptors (Lipinski definition) is 5. The van der Waals surface area contributed by atoms with Gasteiger partial charge in [-0.3, -0.25) is 9.59 Å². The number of ether oxygens (including phenoxy) is 1. The number of carbonyl (C=O) groups excluding carboxylic acids is 2. The van der Waals surface area contributed by atoms with Crippen molar-refractivity contribution in [2.24, 2.45) is 5.41 Å². The van der Waals surface area contributed by atoms with E-state index in [0.717, 1.165) is 22.5 Å². The summed E-state index contributed by atoms with van der Waals surface area (Å²) >= 11 is 1.61. The zero-order chi connectivity index (χ0) is 20.4. The molecule has 1 aromatic carbocycles. The first-order valence-corrected chi connectivity index (χ1v) is 10.8. The fraction of sp³-hybridized carbons (Fsp3) is 0.455. The number of anilines is 1. The summed E-state index contributed by atoms with van der Waals surface area (Å²) in [5.74, 6) is -0.165. The van der Waals surface area contributed by atoms with Gasteiger partial charge in [0.1, 0.15) is 6.54 Å². The number of amides is 2. The normalized spacial score (nSPS) is 22.2. The van der Waals surface area contributed by atoms with Crippen LogP contribution in [0.5, 0.6) is 0 Å². The van der Waals surface area contributed by atoms with Gasteiger partial charge in [-0.25, -0.2) is 0 Å². The minimum atomic E-state index is -0.747. The monoisotopic (exact) mass is 414 g/mol. The van der Waals surface area contributed by atoms with Gasteiger partial charge in [0.25, 0.3) is 0 Å². The van der Waals surface area contributed by atoms with Gasteiger partial charge < -0.3 is 19.6 Å². The van der Waals surface area contributed by atoms with E-state index in [9.17, 15) is 14.7 Å². The van der Waals surface area contributed by atoms with Crippen LogP contribution in [0.2, 0.25) is 0 Å². The predicted octanol–water partition coefficient (Wildman–Crippen LogP) is 2.63. The average Bonchev–Trinajstić information content (AvgIpc) is 3.29. The van der Waals surface area contributed by atoms with Crippen molar-refractivity contribution in [3.63, 3.8) is 0 Å². The molecule has 1 aromatic heterocycles. The number of carbonyl (C=O) groups is 2. The maximum atomic E-state index is 13.2. The quantitative estimate of drug-likeness (QED) is 0.641. The van der Waals surface area contributed by atoms with E-state index in [2.05, 4.69) is 0 Å². The Morgan fingerprint density at radius 3 is 2.90 bits per heavy atom. The Bertz CT molecular complexity index is 885.